The topological polar surface area (TPSA) is 82.1 Å². The third-order valence-electron chi connectivity index (χ3n) is 5.73. The van der Waals surface area contributed by atoms with Crippen molar-refractivity contribution in [2.75, 3.05) is 0 Å². The van der Waals surface area contributed by atoms with Gasteiger partial charge in [-0.15, -0.1) is 0 Å². The van der Waals surface area contributed by atoms with E-state index in [0.29, 0.717) is 28.9 Å². The van der Waals surface area contributed by atoms with Crippen LogP contribution in [-0.2, 0) is 17.9 Å². The standard InChI is InChI=1S/C20H26N4O3/c1-4-23-16-9-13(3)27-19(16)14-10-21-24(20(26)18(14)23)11-17(25)22-15-8-6-5-7-12(15)2/h9-10,12,15H,4-8,11H2,1-3H3,(H,22,25)/t12-,15-/m0/s1. The molecule has 0 radical (unpaired) electrons. The first-order valence-corrected chi connectivity index (χ1v) is 9.77. The molecule has 0 saturated heterocycles. The summed E-state index contributed by atoms with van der Waals surface area (Å²) in [5.41, 5.74) is 1.86. The van der Waals surface area contributed by atoms with E-state index in [4.69, 9.17) is 4.42 Å². The molecule has 7 heteroatoms. The molecule has 0 bridgehead atoms. The molecule has 1 fully saturated rings. The van der Waals surface area contributed by atoms with Crippen LogP contribution < -0.4 is 10.9 Å². The summed E-state index contributed by atoms with van der Waals surface area (Å²) in [4.78, 5) is 25.5. The van der Waals surface area contributed by atoms with Crippen LogP contribution in [0.1, 0.15) is 45.3 Å². The molecule has 2 atom stereocenters. The average molecular weight is 370 g/mol. The van der Waals surface area contributed by atoms with Gasteiger partial charge in [-0.2, -0.15) is 5.10 Å². The summed E-state index contributed by atoms with van der Waals surface area (Å²) in [6.45, 7) is 6.63. The number of nitrogens with one attached hydrogen (secondary N) is 1. The lowest BCUT2D eigenvalue weighted by Gasteiger charge is -2.29. The van der Waals surface area contributed by atoms with Gasteiger partial charge in [0.05, 0.1) is 17.1 Å². The maximum absolute atomic E-state index is 13.0. The SMILES string of the molecule is CCn1c2cc(C)oc2c2cnn(CC(=O)N[C@H]3CCCC[C@@H]3C)c(=O)c21. The summed E-state index contributed by atoms with van der Waals surface area (Å²) >= 11 is 0. The van der Waals surface area contributed by atoms with Crippen LogP contribution in [0.3, 0.4) is 0 Å². The summed E-state index contributed by atoms with van der Waals surface area (Å²) in [7, 11) is 0. The van der Waals surface area contributed by atoms with E-state index in [1.807, 2.05) is 24.5 Å². The van der Waals surface area contributed by atoms with E-state index in [0.717, 1.165) is 30.5 Å². The van der Waals surface area contributed by atoms with Gasteiger partial charge in [0, 0.05) is 18.7 Å². The molecule has 0 spiro atoms. The highest BCUT2D eigenvalue weighted by Gasteiger charge is 2.24. The van der Waals surface area contributed by atoms with Crippen LogP contribution in [0, 0.1) is 12.8 Å². The number of nitrogens with zero attached hydrogens (tertiary/aromatic N) is 3. The van der Waals surface area contributed by atoms with Gasteiger partial charge >= 0.3 is 0 Å². The number of carbonyl (C=O) groups excluding carboxylic acids is 1. The first kappa shape index (κ1) is 17.8. The second-order valence-electron chi connectivity index (χ2n) is 7.62. The fourth-order valence-electron chi connectivity index (χ4n) is 4.28. The van der Waals surface area contributed by atoms with Crippen molar-refractivity contribution in [3.8, 4) is 0 Å². The highest BCUT2D eigenvalue weighted by atomic mass is 16.3. The number of furan rings is 1. The summed E-state index contributed by atoms with van der Waals surface area (Å²) < 4.78 is 8.95. The van der Waals surface area contributed by atoms with Crippen LogP contribution in [0.4, 0.5) is 0 Å². The Hall–Kier alpha value is -2.57. The van der Waals surface area contributed by atoms with E-state index in [9.17, 15) is 9.59 Å². The summed E-state index contributed by atoms with van der Waals surface area (Å²) in [5, 5.41) is 8.02. The molecule has 4 rings (SSSR count). The minimum absolute atomic E-state index is 0.0622. The quantitative estimate of drug-likeness (QED) is 0.765. The molecular formula is C20H26N4O3. The Balaban J connectivity index is 1.65. The van der Waals surface area contributed by atoms with Gasteiger partial charge in [-0.1, -0.05) is 19.8 Å². The Bertz CT molecular complexity index is 1060. The third kappa shape index (κ3) is 3.05. The number of rotatable bonds is 4. The Morgan fingerprint density at radius 2 is 2.15 bits per heavy atom. The molecule has 144 valence electrons. The molecule has 27 heavy (non-hydrogen) atoms. The van der Waals surface area contributed by atoms with Gasteiger partial charge < -0.3 is 14.3 Å². The minimum Gasteiger partial charge on any atom is -0.459 e. The highest BCUT2D eigenvalue weighted by molar-refractivity contribution is 6.04. The predicted molar refractivity (Wildman–Crippen MR) is 104 cm³/mol. The van der Waals surface area contributed by atoms with E-state index in [-0.39, 0.29) is 24.1 Å². The van der Waals surface area contributed by atoms with Gasteiger partial charge in [-0.3, -0.25) is 9.59 Å². The number of aryl methyl sites for hydroxylation is 2. The minimum atomic E-state index is -0.259. The molecule has 0 aromatic carbocycles. The second-order valence-corrected chi connectivity index (χ2v) is 7.62. The summed E-state index contributed by atoms with van der Waals surface area (Å²) in [6, 6.07) is 2.12. The number of fused-ring (bicyclic) bond motifs is 3. The molecule has 1 aliphatic rings. The van der Waals surface area contributed by atoms with Gasteiger partial charge in [0.2, 0.25) is 5.91 Å². The van der Waals surface area contributed by atoms with Gasteiger partial charge in [-0.25, -0.2) is 4.68 Å². The summed E-state index contributed by atoms with van der Waals surface area (Å²) in [5.74, 6) is 1.12. The maximum atomic E-state index is 13.0. The zero-order chi connectivity index (χ0) is 19.1. The van der Waals surface area contributed by atoms with Crippen molar-refractivity contribution in [1.29, 1.82) is 0 Å². The first-order chi connectivity index (χ1) is 13.0. The second kappa shape index (κ2) is 6.87. The molecule has 3 heterocycles. The molecule has 3 aromatic rings. The molecular weight excluding hydrogens is 344 g/mol. The van der Waals surface area contributed by atoms with Crippen LogP contribution >= 0.6 is 0 Å². The molecule has 1 aliphatic carbocycles. The monoisotopic (exact) mass is 370 g/mol. The van der Waals surface area contributed by atoms with Gasteiger partial charge in [-0.05, 0) is 32.6 Å². The van der Waals surface area contributed by atoms with Gasteiger partial charge in [0.25, 0.3) is 5.56 Å². The molecule has 1 N–H and O–H groups in total. The first-order valence-electron chi connectivity index (χ1n) is 9.77. The fraction of sp³-hybridized carbons (Fsp3) is 0.550. The van der Waals surface area contributed by atoms with Crippen molar-refractivity contribution >= 4 is 27.9 Å². The lowest BCUT2D eigenvalue weighted by atomic mass is 9.86. The maximum Gasteiger partial charge on any atom is 0.291 e. The van der Waals surface area contributed by atoms with E-state index in [1.54, 1.807) is 6.20 Å². The van der Waals surface area contributed by atoms with Gasteiger partial charge in [0.1, 0.15) is 17.8 Å². The lowest BCUT2D eigenvalue weighted by Crippen LogP contribution is -2.43. The number of carbonyl (C=O) groups is 1. The molecule has 0 aliphatic heterocycles. The number of aromatic nitrogens is 3. The summed E-state index contributed by atoms with van der Waals surface area (Å²) in [6.07, 6.45) is 6.13. The largest absolute Gasteiger partial charge is 0.459 e. The van der Waals surface area contributed by atoms with Crippen LogP contribution in [-0.4, -0.2) is 26.3 Å². The fourth-order valence-corrected chi connectivity index (χ4v) is 4.28. The predicted octanol–water partition coefficient (Wildman–Crippen LogP) is 2.97. The highest BCUT2D eigenvalue weighted by Crippen LogP contribution is 2.29. The van der Waals surface area contributed by atoms with Crippen molar-refractivity contribution in [1.82, 2.24) is 19.7 Å². The lowest BCUT2D eigenvalue weighted by molar-refractivity contribution is -0.123. The third-order valence-corrected chi connectivity index (χ3v) is 5.73. The van der Waals surface area contributed by atoms with Gasteiger partial charge in [0.15, 0.2) is 5.58 Å². The normalized spacial score (nSPS) is 20.4. The van der Waals surface area contributed by atoms with Crippen molar-refractivity contribution in [2.24, 2.45) is 5.92 Å². The molecule has 0 unspecified atom stereocenters. The van der Waals surface area contributed by atoms with Crippen LogP contribution in [0.15, 0.2) is 21.5 Å². The van der Waals surface area contributed by atoms with E-state index >= 15 is 0 Å². The van der Waals surface area contributed by atoms with Crippen LogP contribution in [0.5, 0.6) is 0 Å². The number of hydrogen-bond donors (Lipinski definition) is 1. The van der Waals surface area contributed by atoms with Crippen LogP contribution in [0.2, 0.25) is 0 Å². The Labute approximate surface area is 157 Å². The molecule has 3 aromatic heterocycles. The average Bonchev–Trinajstić information content (AvgIpc) is 3.14. The van der Waals surface area contributed by atoms with Crippen molar-refractivity contribution in [3.63, 3.8) is 0 Å². The smallest absolute Gasteiger partial charge is 0.291 e. The van der Waals surface area contributed by atoms with E-state index in [1.165, 1.54) is 11.1 Å². The molecule has 7 nitrogen and oxygen atoms in total. The van der Waals surface area contributed by atoms with E-state index in [2.05, 4.69) is 17.3 Å². The number of amides is 1. The van der Waals surface area contributed by atoms with Crippen molar-refractivity contribution in [2.45, 2.75) is 65.6 Å². The zero-order valence-electron chi connectivity index (χ0n) is 16.1. The Morgan fingerprint density at radius 3 is 2.89 bits per heavy atom. The Kier molecular flexibility index (Phi) is 4.53. The number of hydrogen-bond acceptors (Lipinski definition) is 4. The molecule has 1 saturated carbocycles. The molecule has 1 amide bonds. The Morgan fingerprint density at radius 1 is 1.37 bits per heavy atom. The van der Waals surface area contributed by atoms with Crippen LogP contribution in [0.25, 0.3) is 22.0 Å². The van der Waals surface area contributed by atoms with Crippen molar-refractivity contribution in [3.05, 3.63) is 28.4 Å². The van der Waals surface area contributed by atoms with Crippen molar-refractivity contribution < 1.29 is 9.21 Å². The zero-order valence-corrected chi connectivity index (χ0v) is 16.1. The van der Waals surface area contributed by atoms with E-state index < -0.39 is 0 Å².